The molecule has 2 aromatic rings. The largest absolute Gasteiger partial charge is 0.274 e. The van der Waals surface area contributed by atoms with Crippen LogP contribution in [-0.2, 0) is 0 Å². The molecule has 0 atom stereocenters. The van der Waals surface area contributed by atoms with Crippen LogP contribution >= 0.6 is 8.58 Å². The molecule has 78 valence electrons. The highest BCUT2D eigenvalue weighted by Gasteiger charge is 1.92. The zero-order chi connectivity index (χ0) is 10.9. The maximum atomic E-state index is 4.00. The van der Waals surface area contributed by atoms with Gasteiger partial charge in [0, 0.05) is 0 Å². The second kappa shape index (κ2) is 7.13. The zero-order valence-corrected chi connectivity index (χ0v) is 9.43. The lowest BCUT2D eigenvalue weighted by molar-refractivity contribution is 1.26. The van der Waals surface area contributed by atoms with E-state index in [0.29, 0.717) is 0 Å². The van der Waals surface area contributed by atoms with Gasteiger partial charge in [0.05, 0.1) is 0 Å². The summed E-state index contributed by atoms with van der Waals surface area (Å²) in [6, 6.07) is 21.2. The molecule has 0 saturated heterocycles. The lowest BCUT2D eigenvalue weighted by Crippen LogP contribution is -2.02. The van der Waals surface area contributed by atoms with E-state index in [1.165, 1.54) is 10.6 Å². The van der Waals surface area contributed by atoms with Gasteiger partial charge in [-0.1, -0.05) is 69.2 Å². The molecule has 0 aliphatic heterocycles. The lowest BCUT2D eigenvalue weighted by atomic mass is 10.4. The first-order valence-corrected chi connectivity index (χ1v) is 5.65. The van der Waals surface area contributed by atoms with Gasteiger partial charge < -0.3 is 0 Å². The third-order valence-electron chi connectivity index (χ3n) is 1.84. The number of hydrogen-bond acceptors (Lipinski definition) is 2. The van der Waals surface area contributed by atoms with Gasteiger partial charge >= 0.3 is 0 Å². The minimum absolute atomic E-state index is 0.777. The summed E-state index contributed by atoms with van der Waals surface area (Å²) in [5, 5.41) is 2.79. The maximum Gasteiger partial charge on any atom is -0.0226 e. The van der Waals surface area contributed by atoms with Crippen LogP contribution in [0.4, 0.5) is 0 Å². The predicted molar refractivity (Wildman–Crippen MR) is 68.8 cm³/mol. The van der Waals surface area contributed by atoms with Gasteiger partial charge in [0.15, 0.2) is 0 Å². The van der Waals surface area contributed by atoms with Crippen LogP contribution in [-0.4, -0.2) is 0 Å². The van der Waals surface area contributed by atoms with Crippen LogP contribution in [0.1, 0.15) is 0 Å². The number of nitrogens with two attached hydrogens (primary N) is 2. The molecule has 0 aliphatic rings. The SMILES string of the molecule is NN.c1ccc(Pc2ccccc2)cc1. The molecular formula is C12H15N2P. The van der Waals surface area contributed by atoms with Crippen molar-refractivity contribution < 1.29 is 0 Å². The molecule has 4 N–H and O–H groups in total. The fourth-order valence-corrected chi connectivity index (χ4v) is 2.26. The lowest BCUT2D eigenvalue weighted by Gasteiger charge is -2.00. The molecule has 0 amide bonds. The number of hydrazine groups is 1. The molecular weight excluding hydrogens is 203 g/mol. The molecule has 2 aromatic carbocycles. The van der Waals surface area contributed by atoms with Crippen LogP contribution in [0.2, 0.25) is 0 Å². The van der Waals surface area contributed by atoms with E-state index in [-0.39, 0.29) is 0 Å². The summed E-state index contributed by atoms with van der Waals surface area (Å²) in [4.78, 5) is 0. The molecule has 0 bridgehead atoms. The van der Waals surface area contributed by atoms with Gasteiger partial charge in [-0.15, -0.1) is 0 Å². The Kier molecular flexibility index (Phi) is 5.64. The van der Waals surface area contributed by atoms with Crippen molar-refractivity contribution in [1.82, 2.24) is 0 Å². The van der Waals surface area contributed by atoms with Crippen molar-refractivity contribution in [2.24, 2.45) is 11.7 Å². The Hall–Kier alpha value is -1.21. The van der Waals surface area contributed by atoms with E-state index in [1.807, 2.05) is 0 Å². The van der Waals surface area contributed by atoms with Gasteiger partial charge in [-0.05, 0) is 10.6 Å². The Labute approximate surface area is 92.1 Å². The first-order chi connectivity index (χ1) is 7.45. The van der Waals surface area contributed by atoms with Gasteiger partial charge in [-0.25, -0.2) is 0 Å². The normalized spacial score (nSPS) is 8.93. The van der Waals surface area contributed by atoms with Crippen LogP contribution in [0, 0.1) is 0 Å². The number of rotatable bonds is 2. The van der Waals surface area contributed by atoms with Crippen molar-refractivity contribution in [3.8, 4) is 0 Å². The summed E-state index contributed by atoms with van der Waals surface area (Å²) in [7, 11) is 0.777. The van der Waals surface area contributed by atoms with E-state index in [0.717, 1.165) is 8.58 Å². The van der Waals surface area contributed by atoms with Crippen molar-refractivity contribution in [3.05, 3.63) is 60.7 Å². The Bertz CT molecular complexity index is 324. The highest BCUT2D eigenvalue weighted by molar-refractivity contribution is 7.55. The minimum atomic E-state index is 0.777. The zero-order valence-electron chi connectivity index (χ0n) is 8.43. The molecule has 0 heterocycles. The quantitative estimate of drug-likeness (QED) is 0.451. The molecule has 0 radical (unpaired) electrons. The van der Waals surface area contributed by atoms with E-state index in [9.17, 15) is 0 Å². The van der Waals surface area contributed by atoms with Gasteiger partial charge in [0.1, 0.15) is 0 Å². The Morgan fingerprint density at radius 1 is 0.600 bits per heavy atom. The van der Waals surface area contributed by atoms with E-state index in [1.54, 1.807) is 0 Å². The topological polar surface area (TPSA) is 52.0 Å². The first kappa shape index (κ1) is 11.9. The standard InChI is InChI=1S/C12H11P.H4N2/c1-3-7-11(8-4-1)13-12-9-5-2-6-10-12;1-2/h1-10,13H;1-2H2. The summed E-state index contributed by atoms with van der Waals surface area (Å²) in [5.41, 5.74) is 0. The molecule has 0 spiro atoms. The average Bonchev–Trinajstić information content (AvgIpc) is 2.34. The molecule has 0 aromatic heterocycles. The van der Waals surface area contributed by atoms with Crippen molar-refractivity contribution >= 4 is 19.2 Å². The van der Waals surface area contributed by atoms with E-state index < -0.39 is 0 Å². The summed E-state index contributed by atoms with van der Waals surface area (Å²) < 4.78 is 0. The second-order valence-electron chi connectivity index (χ2n) is 2.86. The van der Waals surface area contributed by atoms with Crippen LogP contribution < -0.4 is 22.3 Å². The first-order valence-electron chi connectivity index (χ1n) is 4.65. The van der Waals surface area contributed by atoms with Gasteiger partial charge in [-0.3, -0.25) is 11.7 Å². The van der Waals surface area contributed by atoms with Gasteiger partial charge in [0.25, 0.3) is 0 Å². The van der Waals surface area contributed by atoms with Crippen molar-refractivity contribution in [1.29, 1.82) is 0 Å². The van der Waals surface area contributed by atoms with Gasteiger partial charge in [-0.2, -0.15) is 0 Å². The molecule has 0 unspecified atom stereocenters. The van der Waals surface area contributed by atoms with Crippen LogP contribution in [0.3, 0.4) is 0 Å². The molecule has 2 nitrogen and oxygen atoms in total. The fourth-order valence-electron chi connectivity index (χ4n) is 1.21. The van der Waals surface area contributed by atoms with E-state index in [2.05, 4.69) is 72.3 Å². The monoisotopic (exact) mass is 218 g/mol. The summed E-state index contributed by atoms with van der Waals surface area (Å²) >= 11 is 0. The molecule has 0 aliphatic carbocycles. The summed E-state index contributed by atoms with van der Waals surface area (Å²) in [5.74, 6) is 8.00. The minimum Gasteiger partial charge on any atom is -0.274 e. The van der Waals surface area contributed by atoms with Gasteiger partial charge in [0.2, 0.25) is 0 Å². The fraction of sp³-hybridized carbons (Fsp3) is 0. The summed E-state index contributed by atoms with van der Waals surface area (Å²) in [6.07, 6.45) is 0. The molecule has 0 fully saturated rings. The summed E-state index contributed by atoms with van der Waals surface area (Å²) in [6.45, 7) is 0. The molecule has 3 heteroatoms. The van der Waals surface area contributed by atoms with Crippen molar-refractivity contribution in [2.75, 3.05) is 0 Å². The highest BCUT2D eigenvalue weighted by atomic mass is 31.1. The molecule has 0 saturated carbocycles. The Balaban J connectivity index is 0.000000531. The second-order valence-corrected chi connectivity index (χ2v) is 4.26. The Morgan fingerprint density at radius 2 is 0.933 bits per heavy atom. The predicted octanol–water partition coefficient (Wildman–Crippen LogP) is 1.13. The maximum absolute atomic E-state index is 4.00. The average molecular weight is 218 g/mol. The van der Waals surface area contributed by atoms with Crippen molar-refractivity contribution in [2.45, 2.75) is 0 Å². The van der Waals surface area contributed by atoms with Crippen LogP contribution in [0.15, 0.2) is 60.7 Å². The molecule has 2 rings (SSSR count). The third kappa shape index (κ3) is 4.22. The van der Waals surface area contributed by atoms with Crippen LogP contribution in [0.25, 0.3) is 0 Å². The third-order valence-corrected chi connectivity index (χ3v) is 3.08. The van der Waals surface area contributed by atoms with E-state index >= 15 is 0 Å². The van der Waals surface area contributed by atoms with E-state index in [4.69, 9.17) is 0 Å². The highest BCUT2D eigenvalue weighted by Crippen LogP contribution is 2.08. The number of benzene rings is 2. The van der Waals surface area contributed by atoms with Crippen molar-refractivity contribution in [3.63, 3.8) is 0 Å². The number of hydrogen-bond donors (Lipinski definition) is 2. The smallest absolute Gasteiger partial charge is 0.0226 e. The van der Waals surface area contributed by atoms with Crippen LogP contribution in [0.5, 0.6) is 0 Å². The molecule has 15 heavy (non-hydrogen) atoms. The Morgan fingerprint density at radius 3 is 1.27 bits per heavy atom.